The fraction of sp³-hybridized carbons (Fsp3) is 0.667. The van der Waals surface area contributed by atoms with E-state index in [0.717, 1.165) is 0 Å². The van der Waals surface area contributed by atoms with Crippen LogP contribution < -0.4 is 5.56 Å². The van der Waals surface area contributed by atoms with Crippen molar-refractivity contribution in [3.05, 3.63) is 27.4 Å². The monoisotopic (exact) mass is 346 g/mol. The largest absolute Gasteiger partial charge is 0.401 e. The van der Waals surface area contributed by atoms with Crippen LogP contribution in [0.4, 0.5) is 13.2 Å². The molecule has 1 aliphatic rings. The molecular weight excluding hydrogens is 325 g/mol. The molecule has 1 saturated heterocycles. The predicted octanol–water partition coefficient (Wildman–Crippen LogP) is 1.49. The number of hydrogen-bond acceptors (Lipinski definition) is 4. The topological polar surface area (TPSA) is 69.3 Å². The number of alkyl halides is 3. The van der Waals surface area contributed by atoms with Gasteiger partial charge in [0.05, 0.1) is 17.8 Å². The molecule has 1 aromatic heterocycles. The maximum atomic E-state index is 12.7. The summed E-state index contributed by atoms with van der Waals surface area (Å²) in [6.45, 7) is 5.98. The number of H-pyrrole nitrogens is 1. The molecule has 1 aromatic rings. The molecule has 0 aliphatic carbocycles. The Labute approximate surface area is 137 Å². The number of nitrogens with zero attached hydrogens (tertiary/aromatic N) is 3. The average molecular weight is 346 g/mol. The third-order valence-corrected chi connectivity index (χ3v) is 4.17. The van der Waals surface area contributed by atoms with Crippen LogP contribution >= 0.6 is 0 Å². The second-order valence-electron chi connectivity index (χ2n) is 6.72. The molecule has 2 heterocycles. The van der Waals surface area contributed by atoms with Gasteiger partial charge < -0.3 is 9.88 Å². The van der Waals surface area contributed by atoms with Gasteiger partial charge in [0.2, 0.25) is 0 Å². The van der Waals surface area contributed by atoms with E-state index in [1.165, 1.54) is 9.80 Å². The van der Waals surface area contributed by atoms with Crippen LogP contribution in [-0.4, -0.2) is 63.6 Å². The minimum atomic E-state index is -4.28. The van der Waals surface area contributed by atoms with Crippen LogP contribution in [0.1, 0.15) is 35.7 Å². The molecule has 1 N–H and O–H groups in total. The van der Waals surface area contributed by atoms with Crippen molar-refractivity contribution < 1.29 is 18.0 Å². The summed E-state index contributed by atoms with van der Waals surface area (Å²) >= 11 is 0. The molecule has 9 heteroatoms. The standard InChI is InChI=1S/C15H21F3N4O2/c1-9-10(2)20-12(23)11(19-9)13(24)22-6-5-21(7-14(22,3)4)8-15(16,17)18/h5-8H2,1-4H3,(H,20,23). The summed E-state index contributed by atoms with van der Waals surface area (Å²) < 4.78 is 37.7. The van der Waals surface area contributed by atoms with Crippen molar-refractivity contribution in [1.29, 1.82) is 0 Å². The summed E-state index contributed by atoms with van der Waals surface area (Å²) in [5.41, 5.74) is -0.544. The number of aromatic amines is 1. The third kappa shape index (κ3) is 3.95. The smallest absolute Gasteiger partial charge is 0.329 e. The van der Waals surface area contributed by atoms with Gasteiger partial charge in [0.15, 0.2) is 5.69 Å². The number of rotatable bonds is 2. The van der Waals surface area contributed by atoms with Crippen molar-refractivity contribution in [3.63, 3.8) is 0 Å². The summed E-state index contributed by atoms with van der Waals surface area (Å²) in [5.74, 6) is -0.559. The lowest BCUT2D eigenvalue weighted by Crippen LogP contribution is -2.62. The minimum absolute atomic E-state index is 0.0704. The summed E-state index contributed by atoms with van der Waals surface area (Å²) in [5, 5.41) is 0. The van der Waals surface area contributed by atoms with Gasteiger partial charge in [-0.05, 0) is 27.7 Å². The molecule has 24 heavy (non-hydrogen) atoms. The maximum Gasteiger partial charge on any atom is 0.401 e. The molecule has 0 saturated carbocycles. The first kappa shape index (κ1) is 18.4. The molecule has 6 nitrogen and oxygen atoms in total. The Hall–Kier alpha value is -1.90. The van der Waals surface area contributed by atoms with Crippen LogP contribution in [0.15, 0.2) is 4.79 Å². The van der Waals surface area contributed by atoms with Crippen molar-refractivity contribution in [2.45, 2.75) is 39.4 Å². The fourth-order valence-electron chi connectivity index (χ4n) is 2.92. The highest BCUT2D eigenvalue weighted by Gasteiger charge is 2.41. The average Bonchev–Trinajstić information content (AvgIpc) is 2.39. The number of amides is 1. The molecular formula is C15H21F3N4O2. The van der Waals surface area contributed by atoms with E-state index >= 15 is 0 Å². The van der Waals surface area contributed by atoms with Gasteiger partial charge in [-0.15, -0.1) is 0 Å². The van der Waals surface area contributed by atoms with Gasteiger partial charge in [-0.2, -0.15) is 13.2 Å². The van der Waals surface area contributed by atoms with Crippen molar-refractivity contribution in [3.8, 4) is 0 Å². The van der Waals surface area contributed by atoms with Gasteiger partial charge in [0, 0.05) is 25.3 Å². The SMILES string of the molecule is Cc1nc(C(=O)N2CCN(CC(F)(F)F)CC2(C)C)c(=O)[nH]c1C. The molecule has 2 rings (SSSR count). The van der Waals surface area contributed by atoms with E-state index in [0.29, 0.717) is 11.4 Å². The lowest BCUT2D eigenvalue weighted by atomic mass is 9.98. The summed E-state index contributed by atoms with van der Waals surface area (Å²) in [7, 11) is 0. The van der Waals surface area contributed by atoms with Gasteiger partial charge in [0.1, 0.15) is 0 Å². The third-order valence-electron chi connectivity index (χ3n) is 4.17. The van der Waals surface area contributed by atoms with E-state index in [1.807, 2.05) is 0 Å². The number of aryl methyl sites for hydroxylation is 2. The second-order valence-corrected chi connectivity index (χ2v) is 6.72. The van der Waals surface area contributed by atoms with Crippen LogP contribution in [0.3, 0.4) is 0 Å². The zero-order valence-corrected chi connectivity index (χ0v) is 14.1. The number of carbonyl (C=O) groups excluding carboxylic acids is 1. The van der Waals surface area contributed by atoms with Crippen molar-refractivity contribution >= 4 is 5.91 Å². The van der Waals surface area contributed by atoms with E-state index in [1.54, 1.807) is 27.7 Å². The molecule has 0 unspecified atom stereocenters. The molecule has 1 aliphatic heterocycles. The molecule has 1 fully saturated rings. The molecule has 0 aromatic carbocycles. The van der Waals surface area contributed by atoms with E-state index in [9.17, 15) is 22.8 Å². The Bertz CT molecular complexity index is 697. The molecule has 0 atom stereocenters. The molecule has 0 bridgehead atoms. The van der Waals surface area contributed by atoms with Gasteiger partial charge >= 0.3 is 6.18 Å². The number of piperazine rings is 1. The quantitative estimate of drug-likeness (QED) is 0.881. The van der Waals surface area contributed by atoms with Crippen LogP contribution in [0.2, 0.25) is 0 Å². The number of aromatic nitrogens is 2. The first-order valence-electron chi connectivity index (χ1n) is 7.59. The highest BCUT2D eigenvalue weighted by molar-refractivity contribution is 5.92. The molecule has 0 radical (unpaired) electrons. The normalized spacial score (nSPS) is 18.7. The van der Waals surface area contributed by atoms with Crippen molar-refractivity contribution in [2.75, 3.05) is 26.2 Å². The van der Waals surface area contributed by atoms with Crippen LogP contribution in [0.5, 0.6) is 0 Å². The Kier molecular flexibility index (Phi) is 4.76. The van der Waals surface area contributed by atoms with Gasteiger partial charge in [-0.3, -0.25) is 14.5 Å². The van der Waals surface area contributed by atoms with E-state index in [2.05, 4.69) is 9.97 Å². The lowest BCUT2D eigenvalue weighted by molar-refractivity contribution is -0.153. The molecule has 134 valence electrons. The zero-order chi connectivity index (χ0) is 18.3. The fourth-order valence-corrected chi connectivity index (χ4v) is 2.92. The second kappa shape index (κ2) is 6.19. The highest BCUT2D eigenvalue weighted by atomic mass is 19.4. The number of halogens is 3. The Balaban J connectivity index is 2.23. The van der Waals surface area contributed by atoms with Gasteiger partial charge in [0.25, 0.3) is 11.5 Å². The number of carbonyl (C=O) groups is 1. The summed E-state index contributed by atoms with van der Waals surface area (Å²) in [6.07, 6.45) is -4.28. The Morgan fingerprint density at radius 2 is 1.92 bits per heavy atom. The zero-order valence-electron chi connectivity index (χ0n) is 14.1. The Morgan fingerprint density at radius 3 is 2.46 bits per heavy atom. The first-order chi connectivity index (χ1) is 10.9. The van der Waals surface area contributed by atoms with E-state index in [4.69, 9.17) is 0 Å². The maximum absolute atomic E-state index is 12.7. The summed E-state index contributed by atoms with van der Waals surface area (Å²) in [4.78, 5) is 34.0. The first-order valence-corrected chi connectivity index (χ1v) is 7.59. The van der Waals surface area contributed by atoms with Crippen LogP contribution in [0.25, 0.3) is 0 Å². The van der Waals surface area contributed by atoms with E-state index < -0.39 is 29.7 Å². The number of hydrogen-bond donors (Lipinski definition) is 1. The van der Waals surface area contributed by atoms with Gasteiger partial charge in [-0.25, -0.2) is 4.98 Å². The van der Waals surface area contributed by atoms with Crippen molar-refractivity contribution in [2.24, 2.45) is 0 Å². The number of nitrogens with one attached hydrogen (secondary N) is 1. The van der Waals surface area contributed by atoms with E-state index in [-0.39, 0.29) is 25.3 Å². The lowest BCUT2D eigenvalue weighted by Gasteiger charge is -2.47. The predicted molar refractivity (Wildman–Crippen MR) is 81.9 cm³/mol. The molecule has 1 amide bonds. The Morgan fingerprint density at radius 1 is 1.29 bits per heavy atom. The highest BCUT2D eigenvalue weighted by Crippen LogP contribution is 2.25. The van der Waals surface area contributed by atoms with Crippen LogP contribution in [-0.2, 0) is 0 Å². The van der Waals surface area contributed by atoms with Crippen LogP contribution in [0, 0.1) is 13.8 Å². The van der Waals surface area contributed by atoms with Gasteiger partial charge in [-0.1, -0.05) is 0 Å². The minimum Gasteiger partial charge on any atom is -0.329 e. The summed E-state index contributed by atoms with van der Waals surface area (Å²) in [6, 6.07) is 0. The molecule has 0 spiro atoms. The van der Waals surface area contributed by atoms with Crippen molar-refractivity contribution in [1.82, 2.24) is 19.8 Å².